The van der Waals surface area contributed by atoms with Gasteiger partial charge in [0.05, 0.1) is 7.11 Å². The zero-order valence-electron chi connectivity index (χ0n) is 9.97. The molecule has 1 N–H and O–H groups in total. The zero-order chi connectivity index (χ0) is 13.0. The Kier molecular flexibility index (Phi) is 3.57. The SMILES string of the molecule is COC(=O)/C=C/c1cccc2[nH]cc(CC=O)c12. The topological polar surface area (TPSA) is 59.2 Å². The van der Waals surface area contributed by atoms with Gasteiger partial charge in [-0.05, 0) is 23.3 Å². The predicted octanol–water partition coefficient (Wildman–Crippen LogP) is 2.10. The number of aldehydes is 1. The molecule has 4 nitrogen and oxygen atoms in total. The average molecular weight is 243 g/mol. The number of benzene rings is 1. The average Bonchev–Trinajstić information content (AvgIpc) is 2.80. The van der Waals surface area contributed by atoms with E-state index < -0.39 is 5.97 Å². The molecule has 0 atom stereocenters. The predicted molar refractivity (Wildman–Crippen MR) is 69.1 cm³/mol. The molecule has 0 spiro atoms. The number of carbonyl (C=O) groups excluding carboxylic acids is 2. The number of fused-ring (bicyclic) bond motifs is 1. The van der Waals surface area contributed by atoms with Crippen LogP contribution in [0.2, 0.25) is 0 Å². The molecule has 1 aromatic heterocycles. The largest absolute Gasteiger partial charge is 0.466 e. The summed E-state index contributed by atoms with van der Waals surface area (Å²) >= 11 is 0. The second kappa shape index (κ2) is 5.31. The van der Waals surface area contributed by atoms with Crippen LogP contribution in [0.15, 0.2) is 30.5 Å². The van der Waals surface area contributed by atoms with Gasteiger partial charge in [-0.25, -0.2) is 4.79 Å². The highest BCUT2D eigenvalue weighted by atomic mass is 16.5. The number of aromatic nitrogens is 1. The second-order valence-corrected chi connectivity index (χ2v) is 3.81. The normalized spacial score (nSPS) is 10.9. The van der Waals surface area contributed by atoms with Crippen LogP contribution in [0.5, 0.6) is 0 Å². The van der Waals surface area contributed by atoms with Crippen LogP contribution in [0.4, 0.5) is 0 Å². The smallest absolute Gasteiger partial charge is 0.330 e. The van der Waals surface area contributed by atoms with Gasteiger partial charge in [0, 0.05) is 29.6 Å². The summed E-state index contributed by atoms with van der Waals surface area (Å²) in [4.78, 5) is 24.8. The Morgan fingerprint density at radius 1 is 1.44 bits per heavy atom. The van der Waals surface area contributed by atoms with Gasteiger partial charge in [0.25, 0.3) is 0 Å². The third-order valence-corrected chi connectivity index (χ3v) is 2.72. The van der Waals surface area contributed by atoms with Crippen molar-refractivity contribution in [2.45, 2.75) is 6.42 Å². The van der Waals surface area contributed by atoms with Crippen molar-refractivity contribution in [1.82, 2.24) is 4.98 Å². The summed E-state index contributed by atoms with van der Waals surface area (Å²) in [6.07, 6.45) is 6.09. The molecular weight excluding hydrogens is 230 g/mol. The molecule has 0 aliphatic rings. The molecule has 1 heterocycles. The Balaban J connectivity index is 2.49. The summed E-state index contributed by atoms with van der Waals surface area (Å²) in [5.41, 5.74) is 2.75. The highest BCUT2D eigenvalue weighted by Crippen LogP contribution is 2.23. The maximum Gasteiger partial charge on any atom is 0.330 e. The molecule has 0 unspecified atom stereocenters. The van der Waals surface area contributed by atoms with E-state index in [1.165, 1.54) is 13.2 Å². The molecule has 0 aliphatic carbocycles. The van der Waals surface area contributed by atoms with E-state index in [0.717, 1.165) is 28.3 Å². The number of nitrogens with one attached hydrogen (secondary N) is 1. The van der Waals surface area contributed by atoms with Crippen LogP contribution in [0.25, 0.3) is 17.0 Å². The van der Waals surface area contributed by atoms with Crippen LogP contribution < -0.4 is 0 Å². The van der Waals surface area contributed by atoms with Gasteiger partial charge in [-0.1, -0.05) is 12.1 Å². The van der Waals surface area contributed by atoms with Crippen LogP contribution >= 0.6 is 0 Å². The minimum Gasteiger partial charge on any atom is -0.466 e. The van der Waals surface area contributed by atoms with E-state index in [-0.39, 0.29) is 0 Å². The van der Waals surface area contributed by atoms with Gasteiger partial charge in [-0.2, -0.15) is 0 Å². The van der Waals surface area contributed by atoms with Gasteiger partial charge in [-0.15, -0.1) is 0 Å². The molecule has 1 aromatic carbocycles. The summed E-state index contributed by atoms with van der Waals surface area (Å²) in [6, 6.07) is 5.71. The number of ether oxygens (including phenoxy) is 1. The first-order valence-corrected chi connectivity index (χ1v) is 5.55. The lowest BCUT2D eigenvalue weighted by Crippen LogP contribution is -1.93. The fraction of sp³-hybridized carbons (Fsp3) is 0.143. The Hall–Kier alpha value is -2.36. The number of H-pyrrole nitrogens is 1. The summed E-state index contributed by atoms with van der Waals surface area (Å²) in [7, 11) is 1.33. The van der Waals surface area contributed by atoms with Crippen molar-refractivity contribution in [2.75, 3.05) is 7.11 Å². The fourth-order valence-electron chi connectivity index (χ4n) is 1.90. The van der Waals surface area contributed by atoms with Crippen LogP contribution in [-0.2, 0) is 20.7 Å². The van der Waals surface area contributed by atoms with E-state index in [2.05, 4.69) is 9.72 Å². The molecule has 4 heteroatoms. The number of carbonyl (C=O) groups is 2. The lowest BCUT2D eigenvalue weighted by atomic mass is 10.0. The molecule has 2 rings (SSSR count). The summed E-state index contributed by atoms with van der Waals surface area (Å²) in [5, 5.41) is 0.963. The lowest BCUT2D eigenvalue weighted by Gasteiger charge is -1.99. The van der Waals surface area contributed by atoms with Crippen molar-refractivity contribution >= 4 is 29.2 Å². The van der Waals surface area contributed by atoms with E-state index in [4.69, 9.17) is 0 Å². The highest BCUT2D eigenvalue weighted by Gasteiger charge is 2.06. The van der Waals surface area contributed by atoms with Gasteiger partial charge in [0.2, 0.25) is 0 Å². The molecule has 92 valence electrons. The van der Waals surface area contributed by atoms with Crippen molar-refractivity contribution in [3.8, 4) is 0 Å². The summed E-state index contributed by atoms with van der Waals surface area (Å²) in [5.74, 6) is -0.403. The molecule has 2 aromatic rings. The Morgan fingerprint density at radius 3 is 3.00 bits per heavy atom. The minimum absolute atomic E-state index is 0.350. The van der Waals surface area contributed by atoms with Gasteiger partial charge in [-0.3, -0.25) is 0 Å². The third-order valence-electron chi connectivity index (χ3n) is 2.72. The molecule has 0 aliphatic heterocycles. The van der Waals surface area contributed by atoms with Gasteiger partial charge < -0.3 is 14.5 Å². The van der Waals surface area contributed by atoms with E-state index in [9.17, 15) is 9.59 Å². The van der Waals surface area contributed by atoms with Crippen LogP contribution in [-0.4, -0.2) is 24.3 Å². The molecule has 0 radical (unpaired) electrons. The Bertz CT molecular complexity index is 611. The lowest BCUT2D eigenvalue weighted by molar-refractivity contribution is -0.134. The molecule has 18 heavy (non-hydrogen) atoms. The number of methoxy groups -OCH3 is 1. The number of hydrogen-bond donors (Lipinski definition) is 1. The number of hydrogen-bond acceptors (Lipinski definition) is 3. The van der Waals surface area contributed by atoms with E-state index >= 15 is 0 Å². The Morgan fingerprint density at radius 2 is 2.28 bits per heavy atom. The first-order chi connectivity index (χ1) is 8.76. The fourth-order valence-corrected chi connectivity index (χ4v) is 1.90. The number of esters is 1. The maximum absolute atomic E-state index is 11.1. The zero-order valence-corrected chi connectivity index (χ0v) is 9.97. The van der Waals surface area contributed by atoms with Crippen LogP contribution in [0, 0.1) is 0 Å². The Labute approximate surface area is 104 Å². The molecule has 0 saturated heterocycles. The van der Waals surface area contributed by atoms with Crippen LogP contribution in [0.3, 0.4) is 0 Å². The summed E-state index contributed by atoms with van der Waals surface area (Å²) in [6.45, 7) is 0. The summed E-state index contributed by atoms with van der Waals surface area (Å²) < 4.78 is 4.55. The van der Waals surface area contributed by atoms with Gasteiger partial charge >= 0.3 is 5.97 Å². The van der Waals surface area contributed by atoms with Crippen molar-refractivity contribution in [2.24, 2.45) is 0 Å². The van der Waals surface area contributed by atoms with Gasteiger partial charge in [0.15, 0.2) is 0 Å². The highest BCUT2D eigenvalue weighted by molar-refractivity contribution is 5.96. The molecular formula is C14H13NO3. The van der Waals surface area contributed by atoms with E-state index in [1.54, 1.807) is 6.08 Å². The van der Waals surface area contributed by atoms with Crippen molar-refractivity contribution < 1.29 is 14.3 Å². The van der Waals surface area contributed by atoms with E-state index in [1.807, 2.05) is 24.4 Å². The minimum atomic E-state index is -0.403. The van der Waals surface area contributed by atoms with Crippen molar-refractivity contribution in [3.05, 3.63) is 41.6 Å². The standard InChI is InChI=1S/C14H13NO3/c1-18-13(17)6-5-10-3-2-4-12-14(10)11(7-8-16)9-15-12/h2-6,8-9,15H,7H2,1H3/b6-5+. The monoisotopic (exact) mass is 243 g/mol. The first-order valence-electron chi connectivity index (χ1n) is 5.55. The van der Waals surface area contributed by atoms with E-state index in [0.29, 0.717) is 6.42 Å². The van der Waals surface area contributed by atoms with Crippen LogP contribution in [0.1, 0.15) is 11.1 Å². The molecule has 0 amide bonds. The third kappa shape index (κ3) is 2.32. The second-order valence-electron chi connectivity index (χ2n) is 3.81. The molecule has 0 saturated carbocycles. The van der Waals surface area contributed by atoms with Crippen molar-refractivity contribution in [1.29, 1.82) is 0 Å². The van der Waals surface area contributed by atoms with Gasteiger partial charge in [0.1, 0.15) is 6.29 Å². The molecule has 0 bridgehead atoms. The van der Waals surface area contributed by atoms with Crippen molar-refractivity contribution in [3.63, 3.8) is 0 Å². The first kappa shape index (κ1) is 12.1. The number of aromatic amines is 1. The molecule has 0 fully saturated rings. The maximum atomic E-state index is 11.1. The number of rotatable bonds is 4. The quantitative estimate of drug-likeness (QED) is 0.508.